The molecule has 3 rings (SSSR count). The van der Waals surface area contributed by atoms with Crippen molar-refractivity contribution in [1.82, 2.24) is 10.8 Å². The first-order chi connectivity index (χ1) is 12.2. The Labute approximate surface area is 147 Å². The molecule has 5 heteroatoms. The molecule has 25 heavy (non-hydrogen) atoms. The molecule has 1 fully saturated rings. The number of carbonyl (C=O) groups is 2. The normalized spacial score (nSPS) is 14.8. The summed E-state index contributed by atoms with van der Waals surface area (Å²) < 4.78 is 0. The molecule has 0 unspecified atom stereocenters. The lowest BCUT2D eigenvalue weighted by Gasteiger charge is -2.22. The number of hydroxylamine groups is 1. The zero-order valence-corrected chi connectivity index (χ0v) is 14.0. The second-order valence-corrected chi connectivity index (χ2v) is 6.41. The smallest absolute Gasteiger partial charge is 0.274 e. The molecule has 1 aliphatic rings. The van der Waals surface area contributed by atoms with E-state index in [1.165, 1.54) is 19.3 Å². The number of rotatable bonds is 4. The lowest BCUT2D eigenvalue weighted by atomic mass is 9.95. The topological polar surface area (TPSA) is 78.4 Å². The fraction of sp³-hybridized carbons (Fsp3) is 0.300. The Morgan fingerprint density at radius 3 is 2.24 bits per heavy atom. The van der Waals surface area contributed by atoms with Crippen LogP contribution in [0.15, 0.2) is 48.5 Å². The predicted molar refractivity (Wildman–Crippen MR) is 95.5 cm³/mol. The number of hydrogen-bond acceptors (Lipinski definition) is 3. The zero-order chi connectivity index (χ0) is 17.6. The largest absolute Gasteiger partial charge is 0.349 e. The number of benzene rings is 2. The minimum Gasteiger partial charge on any atom is -0.349 e. The maximum atomic E-state index is 12.5. The summed E-state index contributed by atoms with van der Waals surface area (Å²) in [5.74, 6) is -0.586. The van der Waals surface area contributed by atoms with E-state index < -0.39 is 5.91 Å². The van der Waals surface area contributed by atoms with Crippen LogP contribution in [0.25, 0.3) is 11.1 Å². The van der Waals surface area contributed by atoms with Crippen LogP contribution in [0.3, 0.4) is 0 Å². The second-order valence-electron chi connectivity index (χ2n) is 6.41. The second kappa shape index (κ2) is 7.94. The van der Waals surface area contributed by atoms with Crippen molar-refractivity contribution in [2.24, 2.45) is 0 Å². The maximum Gasteiger partial charge on any atom is 0.274 e. The van der Waals surface area contributed by atoms with E-state index >= 15 is 0 Å². The highest BCUT2D eigenvalue weighted by atomic mass is 16.5. The summed E-state index contributed by atoms with van der Waals surface area (Å²) in [4.78, 5) is 23.9. The number of amides is 2. The van der Waals surface area contributed by atoms with Gasteiger partial charge in [-0.15, -0.1) is 0 Å². The summed E-state index contributed by atoms with van der Waals surface area (Å²) in [6.07, 6.45) is 5.73. The number of nitrogens with one attached hydrogen (secondary N) is 2. The highest BCUT2D eigenvalue weighted by Crippen LogP contribution is 2.22. The molecule has 0 aliphatic heterocycles. The van der Waals surface area contributed by atoms with Crippen molar-refractivity contribution >= 4 is 11.8 Å². The van der Waals surface area contributed by atoms with Gasteiger partial charge in [-0.25, -0.2) is 5.48 Å². The first-order valence-corrected chi connectivity index (χ1v) is 8.63. The van der Waals surface area contributed by atoms with E-state index in [0.29, 0.717) is 11.1 Å². The van der Waals surface area contributed by atoms with Gasteiger partial charge in [0.15, 0.2) is 0 Å². The highest BCUT2D eigenvalue weighted by Gasteiger charge is 2.17. The van der Waals surface area contributed by atoms with Crippen molar-refractivity contribution in [3.05, 3.63) is 59.7 Å². The number of hydrogen-bond donors (Lipinski definition) is 3. The van der Waals surface area contributed by atoms with Crippen LogP contribution in [-0.2, 0) is 0 Å². The molecule has 0 heterocycles. The summed E-state index contributed by atoms with van der Waals surface area (Å²) in [5, 5.41) is 11.8. The first-order valence-electron chi connectivity index (χ1n) is 8.63. The minimum absolute atomic E-state index is 0.0370. The van der Waals surface area contributed by atoms with Crippen LogP contribution in [-0.4, -0.2) is 23.1 Å². The van der Waals surface area contributed by atoms with E-state index in [4.69, 9.17) is 5.21 Å². The van der Waals surface area contributed by atoms with Crippen LogP contribution in [0.1, 0.15) is 52.8 Å². The fourth-order valence-electron chi connectivity index (χ4n) is 3.23. The van der Waals surface area contributed by atoms with Gasteiger partial charge in [-0.1, -0.05) is 43.5 Å². The summed E-state index contributed by atoms with van der Waals surface area (Å²) in [6, 6.07) is 14.6. The third-order valence-electron chi connectivity index (χ3n) is 4.65. The van der Waals surface area contributed by atoms with Crippen molar-refractivity contribution in [1.29, 1.82) is 0 Å². The minimum atomic E-state index is -0.549. The molecule has 2 aromatic carbocycles. The third kappa shape index (κ3) is 4.25. The quantitative estimate of drug-likeness (QED) is 0.589. The fourth-order valence-corrected chi connectivity index (χ4v) is 3.23. The van der Waals surface area contributed by atoms with E-state index in [-0.39, 0.29) is 11.9 Å². The molecule has 0 saturated heterocycles. The lowest BCUT2D eigenvalue weighted by Crippen LogP contribution is -2.36. The Hall–Kier alpha value is -2.66. The molecule has 1 saturated carbocycles. The third-order valence-corrected chi connectivity index (χ3v) is 4.65. The monoisotopic (exact) mass is 338 g/mol. The Balaban J connectivity index is 1.74. The molecule has 2 amide bonds. The molecular weight excluding hydrogens is 316 g/mol. The molecule has 0 bridgehead atoms. The average Bonchev–Trinajstić information content (AvgIpc) is 2.68. The van der Waals surface area contributed by atoms with Crippen molar-refractivity contribution < 1.29 is 14.8 Å². The van der Waals surface area contributed by atoms with Gasteiger partial charge in [-0.2, -0.15) is 0 Å². The van der Waals surface area contributed by atoms with Gasteiger partial charge in [0, 0.05) is 17.2 Å². The Morgan fingerprint density at radius 2 is 1.56 bits per heavy atom. The Morgan fingerprint density at radius 1 is 0.840 bits per heavy atom. The maximum absolute atomic E-state index is 12.5. The molecule has 0 aromatic heterocycles. The summed E-state index contributed by atoms with van der Waals surface area (Å²) in [7, 11) is 0. The molecule has 0 radical (unpaired) electrons. The molecule has 3 N–H and O–H groups in total. The van der Waals surface area contributed by atoms with Gasteiger partial charge in [0.05, 0.1) is 0 Å². The van der Waals surface area contributed by atoms with Gasteiger partial charge in [-0.3, -0.25) is 14.8 Å². The van der Waals surface area contributed by atoms with Gasteiger partial charge in [0.2, 0.25) is 0 Å². The number of carbonyl (C=O) groups excluding carboxylic acids is 2. The van der Waals surface area contributed by atoms with Gasteiger partial charge >= 0.3 is 0 Å². The summed E-state index contributed by atoms with van der Waals surface area (Å²) >= 11 is 0. The van der Waals surface area contributed by atoms with Gasteiger partial charge in [0.1, 0.15) is 0 Å². The van der Waals surface area contributed by atoms with E-state index in [0.717, 1.165) is 24.0 Å². The standard InChI is InChI=1S/C20H22N2O3/c23-19(21-18-7-2-1-3-8-18)17-6-4-5-16(13-17)14-9-11-15(12-10-14)20(24)22-25/h4-6,9-13,18,25H,1-3,7-8H2,(H,21,23)(H,22,24). The van der Waals surface area contributed by atoms with Crippen LogP contribution in [0.2, 0.25) is 0 Å². The van der Waals surface area contributed by atoms with Crippen LogP contribution < -0.4 is 10.8 Å². The molecule has 2 aromatic rings. The van der Waals surface area contributed by atoms with Crippen LogP contribution in [0.5, 0.6) is 0 Å². The van der Waals surface area contributed by atoms with E-state index in [1.807, 2.05) is 24.3 Å². The van der Waals surface area contributed by atoms with E-state index in [1.54, 1.807) is 29.7 Å². The van der Waals surface area contributed by atoms with Gasteiger partial charge in [0.25, 0.3) is 11.8 Å². The van der Waals surface area contributed by atoms with E-state index in [2.05, 4.69) is 5.32 Å². The van der Waals surface area contributed by atoms with E-state index in [9.17, 15) is 9.59 Å². The zero-order valence-electron chi connectivity index (χ0n) is 14.0. The molecular formula is C20H22N2O3. The van der Waals surface area contributed by atoms with Crippen LogP contribution in [0.4, 0.5) is 0 Å². The lowest BCUT2D eigenvalue weighted by molar-refractivity contribution is 0.0706. The van der Waals surface area contributed by atoms with Crippen LogP contribution in [0, 0.1) is 0 Å². The van der Waals surface area contributed by atoms with Crippen molar-refractivity contribution in [2.75, 3.05) is 0 Å². The molecule has 1 aliphatic carbocycles. The SMILES string of the molecule is O=C(NO)c1ccc(-c2cccc(C(=O)NC3CCCCC3)c2)cc1. The van der Waals surface area contributed by atoms with Gasteiger partial charge in [-0.05, 0) is 48.2 Å². The molecule has 130 valence electrons. The predicted octanol–water partition coefficient (Wildman–Crippen LogP) is 3.54. The van der Waals surface area contributed by atoms with Crippen molar-refractivity contribution in [3.63, 3.8) is 0 Å². The summed E-state index contributed by atoms with van der Waals surface area (Å²) in [6.45, 7) is 0. The summed E-state index contributed by atoms with van der Waals surface area (Å²) in [5.41, 5.74) is 4.44. The Bertz CT molecular complexity index is 750. The molecule has 5 nitrogen and oxygen atoms in total. The average molecular weight is 338 g/mol. The highest BCUT2D eigenvalue weighted by molar-refractivity contribution is 5.96. The molecule has 0 spiro atoms. The molecule has 0 atom stereocenters. The first kappa shape index (κ1) is 17.2. The van der Waals surface area contributed by atoms with Gasteiger partial charge < -0.3 is 5.32 Å². The van der Waals surface area contributed by atoms with Crippen molar-refractivity contribution in [2.45, 2.75) is 38.1 Å². The Kier molecular flexibility index (Phi) is 5.46. The van der Waals surface area contributed by atoms with Crippen LogP contribution >= 0.6 is 0 Å². The van der Waals surface area contributed by atoms with Crippen molar-refractivity contribution in [3.8, 4) is 11.1 Å².